The van der Waals surface area contributed by atoms with Gasteiger partial charge in [0.2, 0.25) is 11.8 Å². The second-order valence-electron chi connectivity index (χ2n) is 7.09. The molecule has 0 saturated heterocycles. The van der Waals surface area contributed by atoms with Crippen LogP contribution >= 0.6 is 0 Å². The van der Waals surface area contributed by atoms with Gasteiger partial charge in [0.15, 0.2) is 5.69 Å². The normalized spacial score (nSPS) is 13.5. The molecule has 0 unspecified atom stereocenters. The van der Waals surface area contributed by atoms with E-state index in [4.69, 9.17) is 9.15 Å². The van der Waals surface area contributed by atoms with Gasteiger partial charge in [-0.2, -0.15) is 5.10 Å². The molecule has 3 aromatic rings. The van der Waals surface area contributed by atoms with Crippen LogP contribution in [0, 0.1) is 6.92 Å². The standard InChI is InChI=1S/C21H24N4O3/c1-14-12-22-21(28-14)20-17-13-25(11-10-18(17)24(2)23-20)19(26)9-6-15-4-7-16(27-3)8-5-15/h4-5,7-8,12H,6,9-11,13H2,1-3H3. The molecule has 0 atom stereocenters. The number of nitrogens with zero attached hydrogens (tertiary/aromatic N) is 4. The fourth-order valence-electron chi connectivity index (χ4n) is 3.64. The second kappa shape index (κ2) is 7.50. The fraction of sp³-hybridized carbons (Fsp3) is 0.381. The van der Waals surface area contributed by atoms with E-state index < -0.39 is 0 Å². The number of methoxy groups -OCH3 is 1. The van der Waals surface area contributed by atoms with Crippen LogP contribution < -0.4 is 4.74 Å². The highest BCUT2D eigenvalue weighted by atomic mass is 16.5. The molecule has 28 heavy (non-hydrogen) atoms. The van der Waals surface area contributed by atoms with E-state index in [1.54, 1.807) is 13.3 Å². The zero-order chi connectivity index (χ0) is 19.7. The van der Waals surface area contributed by atoms with E-state index in [1.807, 2.05) is 47.8 Å². The summed E-state index contributed by atoms with van der Waals surface area (Å²) in [7, 11) is 3.58. The number of carbonyl (C=O) groups is 1. The Labute approximate surface area is 163 Å². The van der Waals surface area contributed by atoms with Crippen molar-refractivity contribution in [1.29, 1.82) is 0 Å². The summed E-state index contributed by atoms with van der Waals surface area (Å²) >= 11 is 0. The molecular formula is C21H24N4O3. The summed E-state index contributed by atoms with van der Waals surface area (Å²) in [5.74, 6) is 2.24. The zero-order valence-corrected chi connectivity index (χ0v) is 16.4. The molecule has 0 radical (unpaired) electrons. The van der Waals surface area contributed by atoms with Crippen LogP contribution in [0.3, 0.4) is 0 Å². The van der Waals surface area contributed by atoms with Crippen molar-refractivity contribution in [2.45, 2.75) is 32.7 Å². The van der Waals surface area contributed by atoms with Gasteiger partial charge in [0.25, 0.3) is 0 Å². The van der Waals surface area contributed by atoms with E-state index >= 15 is 0 Å². The maximum Gasteiger partial charge on any atom is 0.247 e. The maximum absolute atomic E-state index is 12.8. The van der Waals surface area contributed by atoms with Crippen LogP contribution in [0.25, 0.3) is 11.6 Å². The van der Waals surface area contributed by atoms with Gasteiger partial charge < -0.3 is 14.1 Å². The van der Waals surface area contributed by atoms with Crippen LogP contribution in [0.2, 0.25) is 0 Å². The summed E-state index contributed by atoms with van der Waals surface area (Å²) in [6.45, 7) is 3.11. The van der Waals surface area contributed by atoms with Crippen LogP contribution in [0.15, 0.2) is 34.9 Å². The lowest BCUT2D eigenvalue weighted by Gasteiger charge is -2.27. The Morgan fingerprint density at radius 1 is 1.29 bits per heavy atom. The van der Waals surface area contributed by atoms with Gasteiger partial charge in [-0.1, -0.05) is 12.1 Å². The number of oxazole rings is 1. The number of amides is 1. The van der Waals surface area contributed by atoms with Crippen molar-refractivity contribution in [3.63, 3.8) is 0 Å². The first-order chi connectivity index (χ1) is 13.5. The topological polar surface area (TPSA) is 73.4 Å². The predicted molar refractivity (Wildman–Crippen MR) is 104 cm³/mol. The lowest BCUT2D eigenvalue weighted by Crippen LogP contribution is -2.36. The molecule has 3 heterocycles. The number of hydrogen-bond donors (Lipinski definition) is 0. The van der Waals surface area contributed by atoms with E-state index in [1.165, 1.54) is 0 Å². The molecule has 7 heteroatoms. The predicted octanol–water partition coefficient (Wildman–Crippen LogP) is 2.91. The van der Waals surface area contributed by atoms with Crippen molar-refractivity contribution in [2.24, 2.45) is 7.05 Å². The number of ether oxygens (including phenoxy) is 1. The minimum Gasteiger partial charge on any atom is -0.497 e. The molecule has 1 aliphatic rings. The summed E-state index contributed by atoms with van der Waals surface area (Å²) in [6, 6.07) is 7.86. The SMILES string of the molecule is COc1ccc(CCC(=O)N2CCc3c(c(-c4ncc(C)o4)nn3C)C2)cc1. The van der Waals surface area contributed by atoms with Crippen molar-refractivity contribution < 1.29 is 13.9 Å². The van der Waals surface area contributed by atoms with Gasteiger partial charge in [-0.15, -0.1) is 0 Å². The minimum atomic E-state index is 0.153. The number of hydrogen-bond acceptors (Lipinski definition) is 5. The van der Waals surface area contributed by atoms with E-state index in [9.17, 15) is 4.79 Å². The highest BCUT2D eigenvalue weighted by molar-refractivity contribution is 5.77. The Balaban J connectivity index is 1.46. The Morgan fingerprint density at radius 3 is 2.75 bits per heavy atom. The Bertz CT molecular complexity index is 988. The zero-order valence-electron chi connectivity index (χ0n) is 16.4. The summed E-state index contributed by atoms with van der Waals surface area (Å²) in [5.41, 5.74) is 4.04. The summed E-state index contributed by atoms with van der Waals surface area (Å²) in [4.78, 5) is 19.0. The third-order valence-electron chi connectivity index (χ3n) is 5.21. The highest BCUT2D eigenvalue weighted by Gasteiger charge is 2.28. The molecular weight excluding hydrogens is 356 g/mol. The Morgan fingerprint density at radius 2 is 2.07 bits per heavy atom. The van der Waals surface area contributed by atoms with Gasteiger partial charge in [-0.3, -0.25) is 9.48 Å². The van der Waals surface area contributed by atoms with Gasteiger partial charge in [-0.05, 0) is 31.0 Å². The molecule has 1 aromatic carbocycles. The molecule has 1 aliphatic heterocycles. The van der Waals surface area contributed by atoms with Crippen LogP contribution in [-0.2, 0) is 31.2 Å². The minimum absolute atomic E-state index is 0.153. The Kier molecular flexibility index (Phi) is 4.90. The van der Waals surface area contributed by atoms with Gasteiger partial charge >= 0.3 is 0 Å². The first-order valence-electron chi connectivity index (χ1n) is 9.43. The fourth-order valence-corrected chi connectivity index (χ4v) is 3.64. The first-order valence-corrected chi connectivity index (χ1v) is 9.43. The van der Waals surface area contributed by atoms with Gasteiger partial charge in [0.1, 0.15) is 11.5 Å². The van der Waals surface area contributed by atoms with Crippen molar-refractivity contribution in [3.05, 3.63) is 53.0 Å². The van der Waals surface area contributed by atoms with Crippen molar-refractivity contribution >= 4 is 5.91 Å². The molecule has 0 aliphatic carbocycles. The van der Waals surface area contributed by atoms with Crippen LogP contribution in [0.5, 0.6) is 5.75 Å². The molecule has 0 saturated carbocycles. The smallest absolute Gasteiger partial charge is 0.247 e. The summed E-state index contributed by atoms with van der Waals surface area (Å²) < 4.78 is 12.7. The van der Waals surface area contributed by atoms with Crippen LogP contribution in [0.4, 0.5) is 0 Å². The van der Waals surface area contributed by atoms with Crippen LogP contribution in [0.1, 0.15) is 29.0 Å². The van der Waals surface area contributed by atoms with E-state index in [0.29, 0.717) is 31.8 Å². The third-order valence-corrected chi connectivity index (χ3v) is 5.21. The third kappa shape index (κ3) is 3.52. The van der Waals surface area contributed by atoms with Gasteiger partial charge in [-0.25, -0.2) is 4.98 Å². The van der Waals surface area contributed by atoms with E-state index in [2.05, 4.69) is 10.1 Å². The number of fused-ring (bicyclic) bond motifs is 1. The first kappa shape index (κ1) is 18.3. The molecule has 1 amide bonds. The molecule has 146 valence electrons. The molecule has 7 nitrogen and oxygen atoms in total. The summed E-state index contributed by atoms with van der Waals surface area (Å²) in [5, 5.41) is 4.59. The average molecular weight is 380 g/mol. The number of aryl methyl sites for hydroxylation is 3. The van der Waals surface area contributed by atoms with E-state index in [-0.39, 0.29) is 5.91 Å². The van der Waals surface area contributed by atoms with Gasteiger partial charge in [0, 0.05) is 44.2 Å². The van der Waals surface area contributed by atoms with Crippen molar-refractivity contribution in [2.75, 3.05) is 13.7 Å². The average Bonchev–Trinajstić information content (AvgIpc) is 3.29. The lowest BCUT2D eigenvalue weighted by molar-refractivity contribution is -0.132. The summed E-state index contributed by atoms with van der Waals surface area (Å²) in [6.07, 6.45) is 3.67. The highest BCUT2D eigenvalue weighted by Crippen LogP contribution is 2.29. The monoisotopic (exact) mass is 380 g/mol. The number of benzene rings is 1. The van der Waals surface area contributed by atoms with Gasteiger partial charge in [0.05, 0.1) is 13.3 Å². The molecule has 0 fully saturated rings. The molecule has 0 spiro atoms. The Hall–Kier alpha value is -3.09. The second-order valence-corrected chi connectivity index (χ2v) is 7.09. The molecule has 0 bridgehead atoms. The number of carbonyl (C=O) groups excluding carboxylic acids is 1. The number of rotatable bonds is 5. The van der Waals surface area contributed by atoms with Crippen LogP contribution in [-0.4, -0.2) is 39.2 Å². The molecule has 0 N–H and O–H groups in total. The molecule has 2 aromatic heterocycles. The van der Waals surface area contributed by atoms with Crippen molar-refractivity contribution in [1.82, 2.24) is 19.7 Å². The number of aromatic nitrogens is 3. The van der Waals surface area contributed by atoms with Crippen molar-refractivity contribution in [3.8, 4) is 17.3 Å². The lowest BCUT2D eigenvalue weighted by atomic mass is 10.0. The van der Waals surface area contributed by atoms with E-state index in [0.717, 1.165) is 40.4 Å². The largest absolute Gasteiger partial charge is 0.497 e. The molecule has 4 rings (SSSR count). The quantitative estimate of drug-likeness (QED) is 0.680. The maximum atomic E-state index is 12.8.